The Hall–Kier alpha value is -1.27. The number of hydrogen-bond acceptors (Lipinski definition) is 3. The van der Waals surface area contributed by atoms with E-state index in [4.69, 9.17) is 12.2 Å². The fourth-order valence-corrected chi connectivity index (χ4v) is 4.03. The van der Waals surface area contributed by atoms with Crippen molar-refractivity contribution in [2.24, 2.45) is 11.8 Å². The van der Waals surface area contributed by atoms with E-state index in [-0.39, 0.29) is 5.91 Å². The van der Waals surface area contributed by atoms with E-state index in [2.05, 4.69) is 30.0 Å². The van der Waals surface area contributed by atoms with E-state index < -0.39 is 0 Å². The summed E-state index contributed by atoms with van der Waals surface area (Å²) in [6.45, 7) is 4.56. The van der Waals surface area contributed by atoms with Gasteiger partial charge in [0.25, 0.3) is 0 Å². The van der Waals surface area contributed by atoms with Crippen LogP contribution in [0.4, 0.5) is 0 Å². The summed E-state index contributed by atoms with van der Waals surface area (Å²) in [7, 11) is 0. The molecule has 1 aromatic rings. The number of carbonyl (C=O) groups excluding carboxylic acids is 1. The van der Waals surface area contributed by atoms with Gasteiger partial charge in [-0.15, -0.1) is 11.8 Å². The zero-order valence-electron chi connectivity index (χ0n) is 14.4. The van der Waals surface area contributed by atoms with Crippen LogP contribution in [0.25, 0.3) is 0 Å². The Morgan fingerprint density at radius 2 is 1.96 bits per heavy atom. The minimum Gasteiger partial charge on any atom is -0.358 e. The van der Waals surface area contributed by atoms with Gasteiger partial charge < -0.3 is 5.32 Å². The first-order chi connectivity index (χ1) is 11.6. The van der Waals surface area contributed by atoms with Gasteiger partial charge in [-0.1, -0.05) is 44.9 Å². The van der Waals surface area contributed by atoms with Crippen LogP contribution in [0.1, 0.15) is 39.5 Å². The van der Waals surface area contributed by atoms with Gasteiger partial charge in [0.15, 0.2) is 5.11 Å². The largest absolute Gasteiger partial charge is 0.358 e. The van der Waals surface area contributed by atoms with Gasteiger partial charge in [-0.3, -0.25) is 15.6 Å². The van der Waals surface area contributed by atoms with Crippen LogP contribution >= 0.6 is 24.0 Å². The van der Waals surface area contributed by atoms with Crippen LogP contribution in [0.5, 0.6) is 0 Å². The van der Waals surface area contributed by atoms with E-state index in [9.17, 15) is 4.79 Å². The quantitative estimate of drug-likeness (QED) is 0.424. The molecule has 4 nitrogen and oxygen atoms in total. The molecule has 1 aliphatic rings. The molecular weight excluding hydrogens is 338 g/mol. The minimum absolute atomic E-state index is 0.0485. The van der Waals surface area contributed by atoms with Gasteiger partial charge in [0.1, 0.15) is 0 Å². The maximum Gasteiger partial charge on any atom is 0.239 e. The highest BCUT2D eigenvalue weighted by Gasteiger charge is 2.27. The lowest BCUT2D eigenvalue weighted by atomic mass is 9.78. The Balaban J connectivity index is 1.61. The smallest absolute Gasteiger partial charge is 0.239 e. The zero-order valence-corrected chi connectivity index (χ0v) is 16.0. The first-order valence-electron chi connectivity index (χ1n) is 8.59. The lowest BCUT2D eigenvalue weighted by Crippen LogP contribution is -2.52. The number of hydrogen-bond donors (Lipinski definition) is 3. The summed E-state index contributed by atoms with van der Waals surface area (Å²) in [4.78, 5) is 13.0. The predicted octanol–water partition coefficient (Wildman–Crippen LogP) is 3.49. The van der Waals surface area contributed by atoms with Crippen molar-refractivity contribution < 1.29 is 4.79 Å². The van der Waals surface area contributed by atoms with Crippen LogP contribution < -0.4 is 16.2 Å². The first-order valence-corrected chi connectivity index (χ1v) is 9.99. The monoisotopic (exact) mass is 365 g/mol. The first kappa shape index (κ1) is 19.1. The molecule has 0 unspecified atom stereocenters. The zero-order chi connectivity index (χ0) is 17.4. The second kappa shape index (κ2) is 9.89. The molecule has 0 aromatic heterocycles. The molecule has 1 aromatic carbocycles. The third kappa shape index (κ3) is 6.32. The molecule has 0 bridgehead atoms. The Bertz CT molecular complexity index is 538. The van der Waals surface area contributed by atoms with Crippen LogP contribution in [0.2, 0.25) is 0 Å². The molecule has 1 fully saturated rings. The molecule has 1 aliphatic carbocycles. The molecule has 0 saturated heterocycles. The number of rotatable bonds is 5. The normalized spacial score (nSPS) is 23.3. The van der Waals surface area contributed by atoms with Gasteiger partial charge in [0.2, 0.25) is 5.91 Å². The van der Waals surface area contributed by atoms with Crippen LogP contribution in [0.3, 0.4) is 0 Å². The van der Waals surface area contributed by atoms with Crippen molar-refractivity contribution in [1.82, 2.24) is 16.2 Å². The molecule has 24 heavy (non-hydrogen) atoms. The summed E-state index contributed by atoms with van der Waals surface area (Å²) in [6, 6.07) is 10.5. The lowest BCUT2D eigenvalue weighted by Gasteiger charge is -2.35. The summed E-state index contributed by atoms with van der Waals surface area (Å²) in [5, 5.41) is 3.84. The molecule has 6 heteroatoms. The van der Waals surface area contributed by atoms with E-state index >= 15 is 0 Å². The van der Waals surface area contributed by atoms with Crippen LogP contribution in [-0.4, -0.2) is 22.8 Å². The highest BCUT2D eigenvalue weighted by molar-refractivity contribution is 7.99. The van der Waals surface area contributed by atoms with Crippen LogP contribution in [-0.2, 0) is 4.79 Å². The third-order valence-electron chi connectivity index (χ3n) is 4.68. The molecule has 1 saturated carbocycles. The van der Waals surface area contributed by atoms with E-state index in [1.807, 2.05) is 30.3 Å². The second-order valence-corrected chi connectivity index (χ2v) is 8.01. The van der Waals surface area contributed by atoms with Gasteiger partial charge in [-0.2, -0.15) is 0 Å². The molecule has 0 radical (unpaired) electrons. The molecule has 1 amide bonds. The van der Waals surface area contributed by atoms with Gasteiger partial charge >= 0.3 is 0 Å². The van der Waals surface area contributed by atoms with Crippen molar-refractivity contribution in [1.29, 1.82) is 0 Å². The lowest BCUT2D eigenvalue weighted by molar-refractivity contribution is -0.121. The second-order valence-electron chi connectivity index (χ2n) is 6.43. The Morgan fingerprint density at radius 3 is 2.71 bits per heavy atom. The van der Waals surface area contributed by atoms with Crippen molar-refractivity contribution in [2.75, 3.05) is 5.75 Å². The summed E-state index contributed by atoms with van der Waals surface area (Å²) >= 11 is 6.97. The molecule has 3 atom stereocenters. The molecule has 0 spiro atoms. The number of amides is 1. The Morgan fingerprint density at radius 1 is 1.21 bits per heavy atom. The average molecular weight is 366 g/mol. The van der Waals surface area contributed by atoms with E-state index in [0.29, 0.717) is 29.4 Å². The number of thioether (sulfide) groups is 1. The van der Waals surface area contributed by atoms with Crippen LogP contribution in [0, 0.1) is 11.8 Å². The number of thiocarbonyl (C=S) groups is 1. The van der Waals surface area contributed by atoms with Gasteiger partial charge in [-0.25, -0.2) is 0 Å². The van der Waals surface area contributed by atoms with Crippen molar-refractivity contribution >= 4 is 35.0 Å². The predicted molar refractivity (Wildman–Crippen MR) is 105 cm³/mol. The number of nitrogens with one attached hydrogen (secondary N) is 3. The van der Waals surface area contributed by atoms with E-state index in [1.165, 1.54) is 17.7 Å². The summed E-state index contributed by atoms with van der Waals surface area (Å²) < 4.78 is 0. The number of carbonyl (C=O) groups is 1. The maximum absolute atomic E-state index is 11.9. The Kier molecular flexibility index (Phi) is 7.85. The minimum atomic E-state index is -0.0485. The standard InChI is InChI=1S/C18H27N3OS2/c1-13-7-6-10-16(14(13)2)19-18(23)21-20-17(22)11-12-24-15-8-4-3-5-9-15/h3-5,8-9,13-14,16H,6-7,10-12H2,1-2H3,(H,20,22)(H2,19,21,23)/t13-,14+,16+/m0/s1. The fourth-order valence-electron chi connectivity index (χ4n) is 2.96. The van der Waals surface area contributed by atoms with Gasteiger partial charge in [0.05, 0.1) is 0 Å². The SMILES string of the molecule is C[C@@H]1[C@@H](C)CCC[C@H]1NC(=S)NNC(=O)CCSc1ccccc1. The molecule has 132 valence electrons. The van der Waals surface area contributed by atoms with E-state index in [0.717, 1.165) is 12.2 Å². The molecular formula is C18H27N3OS2. The third-order valence-corrected chi connectivity index (χ3v) is 5.91. The van der Waals surface area contributed by atoms with E-state index in [1.54, 1.807) is 11.8 Å². The Labute approximate surface area is 154 Å². The highest BCUT2D eigenvalue weighted by Crippen LogP contribution is 2.29. The van der Waals surface area contributed by atoms with Crippen molar-refractivity contribution in [2.45, 2.75) is 50.5 Å². The maximum atomic E-state index is 11.9. The summed E-state index contributed by atoms with van der Waals surface area (Å²) in [5.74, 6) is 2.00. The van der Waals surface area contributed by atoms with Crippen molar-refractivity contribution in [3.63, 3.8) is 0 Å². The average Bonchev–Trinajstić information content (AvgIpc) is 2.58. The van der Waals surface area contributed by atoms with Crippen molar-refractivity contribution in [3.05, 3.63) is 30.3 Å². The summed E-state index contributed by atoms with van der Waals surface area (Å²) in [5.41, 5.74) is 5.50. The molecule has 2 rings (SSSR count). The molecule has 0 aliphatic heterocycles. The summed E-state index contributed by atoms with van der Waals surface area (Å²) in [6.07, 6.45) is 4.10. The highest BCUT2D eigenvalue weighted by atomic mass is 32.2. The van der Waals surface area contributed by atoms with Gasteiger partial charge in [0, 0.05) is 23.1 Å². The van der Waals surface area contributed by atoms with Crippen LogP contribution in [0.15, 0.2) is 35.2 Å². The molecule has 3 N–H and O–H groups in total. The van der Waals surface area contributed by atoms with Gasteiger partial charge in [-0.05, 0) is 42.6 Å². The number of benzene rings is 1. The topological polar surface area (TPSA) is 53.2 Å². The van der Waals surface area contributed by atoms with Crippen molar-refractivity contribution in [3.8, 4) is 0 Å². The molecule has 0 heterocycles. The number of hydrazine groups is 1. The fraction of sp³-hybridized carbons (Fsp3) is 0.556.